The maximum Gasteiger partial charge on any atom is 0.248 e. The lowest BCUT2D eigenvalue weighted by Crippen LogP contribution is -2.33. The summed E-state index contributed by atoms with van der Waals surface area (Å²) in [6.07, 6.45) is 0. The van der Waals surface area contributed by atoms with Gasteiger partial charge in [-0.05, 0) is 42.0 Å². The van der Waals surface area contributed by atoms with Crippen molar-refractivity contribution in [2.75, 3.05) is 17.7 Å². The first kappa shape index (κ1) is 19.1. The molecule has 0 heterocycles. The van der Waals surface area contributed by atoms with Crippen LogP contribution in [-0.2, 0) is 20.4 Å². The Morgan fingerprint density at radius 1 is 1.12 bits per heavy atom. The van der Waals surface area contributed by atoms with Gasteiger partial charge in [-0.3, -0.25) is 9.59 Å². The molecule has 25 heavy (non-hydrogen) atoms. The van der Waals surface area contributed by atoms with Gasteiger partial charge in [-0.2, -0.15) is 0 Å². The fourth-order valence-corrected chi connectivity index (χ4v) is 4.02. The highest BCUT2D eigenvalue weighted by molar-refractivity contribution is 9.10. The van der Waals surface area contributed by atoms with Crippen molar-refractivity contribution in [1.29, 1.82) is 0 Å². The van der Waals surface area contributed by atoms with Crippen molar-refractivity contribution >= 4 is 43.3 Å². The zero-order valence-corrected chi connectivity index (χ0v) is 15.9. The average Bonchev–Trinajstić information content (AvgIpc) is 2.53. The van der Waals surface area contributed by atoms with Crippen LogP contribution in [0.4, 0.5) is 5.69 Å². The molecule has 0 saturated heterocycles. The van der Waals surface area contributed by atoms with Gasteiger partial charge >= 0.3 is 0 Å². The molecule has 0 unspecified atom stereocenters. The zero-order valence-electron chi connectivity index (χ0n) is 13.5. The van der Waals surface area contributed by atoms with Crippen molar-refractivity contribution in [2.45, 2.75) is 5.75 Å². The minimum absolute atomic E-state index is 0.216. The van der Waals surface area contributed by atoms with Crippen LogP contribution in [0, 0.1) is 0 Å². The van der Waals surface area contributed by atoms with E-state index in [1.807, 2.05) is 0 Å². The molecule has 132 valence electrons. The summed E-state index contributed by atoms with van der Waals surface area (Å²) in [5, 5.41) is 0. The number of benzene rings is 2. The van der Waals surface area contributed by atoms with Crippen LogP contribution in [0.15, 0.2) is 53.0 Å². The molecule has 0 aliphatic rings. The summed E-state index contributed by atoms with van der Waals surface area (Å²) >= 11 is 3.29. The minimum atomic E-state index is -3.61. The van der Waals surface area contributed by atoms with Gasteiger partial charge in [-0.15, -0.1) is 0 Å². The van der Waals surface area contributed by atoms with Gasteiger partial charge in [0.1, 0.15) is 5.75 Å². The number of anilines is 1. The van der Waals surface area contributed by atoms with Crippen LogP contribution in [0.1, 0.15) is 15.9 Å². The van der Waals surface area contributed by atoms with E-state index in [1.54, 1.807) is 36.4 Å². The monoisotopic (exact) mass is 424 g/mol. The molecular weight excluding hydrogens is 408 g/mol. The first-order chi connectivity index (χ1) is 11.7. The standard InChI is InChI=1S/C17H17BrN2O4S/c1-20(15-7-5-13(6-8-15)17(19)22)16(21)11-25(23,24)10-12-3-2-4-14(18)9-12/h2-9H,10-11H2,1H3,(H2,19,22). The Hall–Kier alpha value is -2.19. The molecule has 0 atom stereocenters. The third-order valence-corrected chi connectivity index (χ3v) is 5.49. The number of sulfone groups is 1. The Morgan fingerprint density at radius 3 is 2.32 bits per heavy atom. The molecule has 0 aliphatic heterocycles. The van der Waals surface area contributed by atoms with E-state index in [-0.39, 0.29) is 5.75 Å². The molecule has 2 amide bonds. The number of hydrogen-bond acceptors (Lipinski definition) is 4. The maximum atomic E-state index is 12.3. The molecule has 2 aromatic carbocycles. The molecule has 2 rings (SSSR count). The van der Waals surface area contributed by atoms with Crippen LogP contribution >= 0.6 is 15.9 Å². The molecule has 0 fully saturated rings. The minimum Gasteiger partial charge on any atom is -0.366 e. The summed E-state index contributed by atoms with van der Waals surface area (Å²) in [6.45, 7) is 0. The molecule has 0 spiro atoms. The smallest absolute Gasteiger partial charge is 0.248 e. The summed E-state index contributed by atoms with van der Waals surface area (Å²) in [4.78, 5) is 24.6. The number of primary amides is 1. The van der Waals surface area contributed by atoms with E-state index < -0.39 is 27.4 Å². The molecule has 0 aliphatic carbocycles. The van der Waals surface area contributed by atoms with Crippen LogP contribution < -0.4 is 10.6 Å². The number of rotatable bonds is 6. The lowest BCUT2D eigenvalue weighted by Gasteiger charge is -2.17. The molecule has 0 bridgehead atoms. The van der Waals surface area contributed by atoms with Crippen LogP contribution in [-0.4, -0.2) is 33.0 Å². The molecular formula is C17H17BrN2O4S. The number of halogens is 1. The van der Waals surface area contributed by atoms with Crippen molar-refractivity contribution in [3.05, 3.63) is 64.1 Å². The maximum absolute atomic E-state index is 12.3. The average molecular weight is 425 g/mol. The molecule has 2 N–H and O–H groups in total. The Kier molecular flexibility index (Phi) is 5.97. The summed E-state index contributed by atoms with van der Waals surface area (Å²) in [7, 11) is -2.13. The number of nitrogens with zero attached hydrogens (tertiary/aromatic N) is 1. The Bertz CT molecular complexity index is 895. The second kappa shape index (κ2) is 7.79. The van der Waals surface area contributed by atoms with Gasteiger partial charge in [-0.25, -0.2) is 8.42 Å². The Labute approximate surface area is 154 Å². The highest BCUT2D eigenvalue weighted by Gasteiger charge is 2.21. The summed E-state index contributed by atoms with van der Waals surface area (Å²) < 4.78 is 25.3. The zero-order chi connectivity index (χ0) is 18.6. The Balaban J connectivity index is 2.07. The van der Waals surface area contributed by atoms with Crippen molar-refractivity contribution in [3.63, 3.8) is 0 Å². The van der Waals surface area contributed by atoms with E-state index in [4.69, 9.17) is 5.73 Å². The van der Waals surface area contributed by atoms with E-state index in [2.05, 4.69) is 15.9 Å². The first-order valence-corrected chi connectivity index (χ1v) is 9.91. The normalized spacial score (nSPS) is 11.1. The molecule has 0 radical (unpaired) electrons. The fourth-order valence-electron chi connectivity index (χ4n) is 2.21. The number of carbonyl (C=O) groups is 2. The highest BCUT2D eigenvalue weighted by Crippen LogP contribution is 2.17. The predicted octanol–water partition coefficient (Wildman–Crippen LogP) is 2.13. The fraction of sp³-hybridized carbons (Fsp3) is 0.176. The molecule has 0 aromatic heterocycles. The van der Waals surface area contributed by atoms with Gasteiger partial charge in [0.15, 0.2) is 9.84 Å². The largest absolute Gasteiger partial charge is 0.366 e. The van der Waals surface area contributed by atoms with Gasteiger partial charge < -0.3 is 10.6 Å². The third kappa shape index (κ3) is 5.40. The van der Waals surface area contributed by atoms with Crippen LogP contribution in [0.2, 0.25) is 0 Å². The summed E-state index contributed by atoms with van der Waals surface area (Å²) in [6, 6.07) is 13.0. The first-order valence-electron chi connectivity index (χ1n) is 7.29. The predicted molar refractivity (Wildman–Crippen MR) is 100 cm³/mol. The van der Waals surface area contributed by atoms with Crippen molar-refractivity contribution in [3.8, 4) is 0 Å². The van der Waals surface area contributed by atoms with E-state index in [1.165, 1.54) is 24.1 Å². The number of nitrogens with two attached hydrogens (primary N) is 1. The van der Waals surface area contributed by atoms with E-state index in [9.17, 15) is 18.0 Å². The topological polar surface area (TPSA) is 97.5 Å². The quantitative estimate of drug-likeness (QED) is 0.767. The third-order valence-electron chi connectivity index (χ3n) is 3.53. The molecule has 8 heteroatoms. The van der Waals surface area contributed by atoms with Gasteiger partial charge in [0.2, 0.25) is 11.8 Å². The second-order valence-corrected chi connectivity index (χ2v) is 8.51. The number of hydrogen-bond donors (Lipinski definition) is 1. The van der Waals surface area contributed by atoms with Crippen molar-refractivity contribution in [1.82, 2.24) is 0 Å². The van der Waals surface area contributed by atoms with Crippen LogP contribution in [0.3, 0.4) is 0 Å². The van der Waals surface area contributed by atoms with Gasteiger partial charge in [0, 0.05) is 22.8 Å². The molecule has 0 saturated carbocycles. The summed E-state index contributed by atoms with van der Waals surface area (Å²) in [5.74, 6) is -1.95. The van der Waals surface area contributed by atoms with Crippen LogP contribution in [0.5, 0.6) is 0 Å². The second-order valence-electron chi connectivity index (χ2n) is 5.53. The van der Waals surface area contributed by atoms with E-state index in [0.29, 0.717) is 16.8 Å². The van der Waals surface area contributed by atoms with Gasteiger partial charge in [-0.1, -0.05) is 28.1 Å². The van der Waals surface area contributed by atoms with E-state index in [0.717, 1.165) is 4.47 Å². The lowest BCUT2D eigenvalue weighted by molar-refractivity contribution is -0.115. The highest BCUT2D eigenvalue weighted by atomic mass is 79.9. The van der Waals surface area contributed by atoms with Gasteiger partial charge in [0.05, 0.1) is 5.75 Å². The van der Waals surface area contributed by atoms with Crippen molar-refractivity contribution < 1.29 is 18.0 Å². The van der Waals surface area contributed by atoms with E-state index >= 15 is 0 Å². The SMILES string of the molecule is CN(C(=O)CS(=O)(=O)Cc1cccc(Br)c1)c1ccc(C(N)=O)cc1. The number of carbonyl (C=O) groups excluding carboxylic acids is 2. The van der Waals surface area contributed by atoms with Crippen molar-refractivity contribution in [2.24, 2.45) is 5.73 Å². The van der Waals surface area contributed by atoms with Gasteiger partial charge in [0.25, 0.3) is 0 Å². The Morgan fingerprint density at radius 2 is 1.76 bits per heavy atom. The number of amides is 2. The molecule has 2 aromatic rings. The summed E-state index contributed by atoms with van der Waals surface area (Å²) in [5.41, 5.74) is 6.56. The van der Waals surface area contributed by atoms with Crippen LogP contribution in [0.25, 0.3) is 0 Å². The molecule has 6 nitrogen and oxygen atoms in total. The lowest BCUT2D eigenvalue weighted by atomic mass is 10.2.